The van der Waals surface area contributed by atoms with E-state index in [1.165, 1.54) is 0 Å². The second kappa shape index (κ2) is 5.05. The molecule has 0 aliphatic carbocycles. The molecule has 0 bridgehead atoms. The number of carbonyl (C=O) groups is 1. The third-order valence-electron chi connectivity index (χ3n) is 2.40. The molecule has 2 heterocycles. The SMILES string of the molecule is Cc1cnc(Cl)cc1NC(=O)Nc1cn[nH]c1C. The van der Waals surface area contributed by atoms with E-state index in [9.17, 15) is 4.79 Å². The molecule has 2 rings (SSSR count). The number of hydrogen-bond donors (Lipinski definition) is 3. The Bertz CT molecular complexity index is 581. The van der Waals surface area contributed by atoms with Crippen LogP contribution in [-0.4, -0.2) is 21.2 Å². The van der Waals surface area contributed by atoms with Crippen LogP contribution in [0.15, 0.2) is 18.5 Å². The topological polar surface area (TPSA) is 82.7 Å². The van der Waals surface area contributed by atoms with Gasteiger partial charge in [0.2, 0.25) is 0 Å². The van der Waals surface area contributed by atoms with Crippen molar-refractivity contribution in [1.29, 1.82) is 0 Å². The van der Waals surface area contributed by atoms with Gasteiger partial charge >= 0.3 is 6.03 Å². The predicted octanol–water partition coefficient (Wildman–Crippen LogP) is 2.72. The smallest absolute Gasteiger partial charge is 0.307 e. The Hall–Kier alpha value is -2.08. The van der Waals surface area contributed by atoms with Crippen LogP contribution in [0.3, 0.4) is 0 Å². The number of carbonyl (C=O) groups excluding carboxylic acids is 1. The molecular formula is C11H12ClN5O. The molecule has 2 amide bonds. The van der Waals surface area contributed by atoms with Gasteiger partial charge < -0.3 is 10.6 Å². The lowest BCUT2D eigenvalue weighted by molar-refractivity contribution is 0.262. The first-order valence-corrected chi connectivity index (χ1v) is 5.64. The second-order valence-electron chi connectivity index (χ2n) is 3.81. The summed E-state index contributed by atoms with van der Waals surface area (Å²) in [6.45, 7) is 3.65. The summed E-state index contributed by atoms with van der Waals surface area (Å²) < 4.78 is 0. The first-order valence-electron chi connectivity index (χ1n) is 5.26. The first-order chi connectivity index (χ1) is 8.56. The lowest BCUT2D eigenvalue weighted by atomic mass is 10.2. The van der Waals surface area contributed by atoms with Gasteiger partial charge in [-0.05, 0) is 25.5 Å². The summed E-state index contributed by atoms with van der Waals surface area (Å²) in [7, 11) is 0. The number of aromatic nitrogens is 3. The fraction of sp³-hybridized carbons (Fsp3) is 0.182. The van der Waals surface area contributed by atoms with Gasteiger partial charge in [-0.15, -0.1) is 0 Å². The minimum absolute atomic E-state index is 0.329. The van der Waals surface area contributed by atoms with Gasteiger partial charge in [-0.25, -0.2) is 9.78 Å². The van der Waals surface area contributed by atoms with Crippen LogP contribution in [0.25, 0.3) is 0 Å². The standard InChI is InChI=1S/C11H12ClN5O/c1-6-4-13-10(12)3-8(6)15-11(18)16-9-5-14-17-7(9)2/h3-5H,1-2H3,(H,14,17)(H2,13,15,16,18). The summed E-state index contributed by atoms with van der Waals surface area (Å²) in [5.41, 5.74) is 2.87. The molecule has 3 N–H and O–H groups in total. The molecule has 7 heteroatoms. The number of hydrogen-bond acceptors (Lipinski definition) is 3. The number of nitrogens with zero attached hydrogens (tertiary/aromatic N) is 2. The third kappa shape index (κ3) is 2.78. The number of anilines is 2. The van der Waals surface area contributed by atoms with E-state index in [1.807, 2.05) is 13.8 Å². The molecule has 0 saturated carbocycles. The molecule has 0 saturated heterocycles. The van der Waals surface area contributed by atoms with Gasteiger partial charge in [-0.2, -0.15) is 5.10 Å². The van der Waals surface area contributed by atoms with Gasteiger partial charge in [0, 0.05) is 11.9 Å². The number of H-pyrrole nitrogens is 1. The average molecular weight is 266 g/mol. The second-order valence-corrected chi connectivity index (χ2v) is 4.20. The summed E-state index contributed by atoms with van der Waals surface area (Å²) in [5.74, 6) is 0. The molecule has 0 aliphatic heterocycles. The maximum Gasteiger partial charge on any atom is 0.323 e. The van der Waals surface area contributed by atoms with E-state index < -0.39 is 0 Å². The first kappa shape index (κ1) is 12.4. The van der Waals surface area contributed by atoms with Crippen LogP contribution >= 0.6 is 11.6 Å². The molecule has 94 valence electrons. The van der Waals surface area contributed by atoms with E-state index in [2.05, 4.69) is 25.8 Å². The lowest BCUT2D eigenvalue weighted by Gasteiger charge is -2.09. The Morgan fingerprint density at radius 3 is 2.67 bits per heavy atom. The number of aryl methyl sites for hydroxylation is 2. The van der Waals surface area contributed by atoms with Crippen LogP contribution in [-0.2, 0) is 0 Å². The Labute approximate surface area is 109 Å². The monoisotopic (exact) mass is 265 g/mol. The summed E-state index contributed by atoms with van der Waals surface area (Å²) in [4.78, 5) is 15.7. The van der Waals surface area contributed by atoms with Crippen LogP contribution in [0.1, 0.15) is 11.3 Å². The zero-order chi connectivity index (χ0) is 13.1. The van der Waals surface area contributed by atoms with Crippen molar-refractivity contribution in [2.24, 2.45) is 0 Å². The number of pyridine rings is 1. The lowest BCUT2D eigenvalue weighted by Crippen LogP contribution is -2.20. The zero-order valence-corrected chi connectivity index (χ0v) is 10.7. The number of halogens is 1. The zero-order valence-electron chi connectivity index (χ0n) is 9.91. The Morgan fingerprint density at radius 2 is 2.00 bits per heavy atom. The Balaban J connectivity index is 2.08. The van der Waals surface area contributed by atoms with Gasteiger partial charge in [-0.3, -0.25) is 5.10 Å². The van der Waals surface area contributed by atoms with Crippen LogP contribution in [0.5, 0.6) is 0 Å². The molecule has 0 unspecified atom stereocenters. The van der Waals surface area contributed by atoms with E-state index in [0.717, 1.165) is 11.3 Å². The highest BCUT2D eigenvalue weighted by Crippen LogP contribution is 2.18. The van der Waals surface area contributed by atoms with Crippen LogP contribution < -0.4 is 10.6 Å². The van der Waals surface area contributed by atoms with Crippen LogP contribution in [0, 0.1) is 13.8 Å². The minimum Gasteiger partial charge on any atom is -0.307 e. The summed E-state index contributed by atoms with van der Waals surface area (Å²) >= 11 is 5.77. The minimum atomic E-state index is -0.357. The van der Waals surface area contributed by atoms with Crippen molar-refractivity contribution in [3.8, 4) is 0 Å². The van der Waals surface area contributed by atoms with Crippen molar-refractivity contribution in [2.45, 2.75) is 13.8 Å². The quantitative estimate of drug-likeness (QED) is 0.730. The maximum absolute atomic E-state index is 11.8. The summed E-state index contributed by atoms with van der Waals surface area (Å²) in [6.07, 6.45) is 3.14. The van der Waals surface area contributed by atoms with Gasteiger partial charge in [0.05, 0.1) is 17.6 Å². The highest BCUT2D eigenvalue weighted by molar-refractivity contribution is 6.29. The molecule has 0 atom stereocenters. The molecule has 0 aromatic carbocycles. The molecule has 2 aromatic rings. The van der Waals surface area contributed by atoms with Gasteiger partial charge in [0.1, 0.15) is 5.15 Å². The highest BCUT2D eigenvalue weighted by Gasteiger charge is 2.08. The highest BCUT2D eigenvalue weighted by atomic mass is 35.5. The van der Waals surface area contributed by atoms with E-state index in [0.29, 0.717) is 16.5 Å². The molecule has 6 nitrogen and oxygen atoms in total. The number of aromatic amines is 1. The fourth-order valence-corrected chi connectivity index (χ4v) is 1.54. The van der Waals surface area contributed by atoms with Crippen molar-refractivity contribution in [1.82, 2.24) is 15.2 Å². The Morgan fingerprint density at radius 1 is 1.28 bits per heavy atom. The van der Waals surface area contributed by atoms with Crippen LogP contribution in [0.2, 0.25) is 5.15 Å². The number of urea groups is 1. The summed E-state index contributed by atoms with van der Waals surface area (Å²) in [5, 5.41) is 12.3. The van der Waals surface area contributed by atoms with Crippen molar-refractivity contribution < 1.29 is 4.79 Å². The van der Waals surface area contributed by atoms with Crippen molar-refractivity contribution in [3.63, 3.8) is 0 Å². The largest absolute Gasteiger partial charge is 0.323 e. The molecular weight excluding hydrogens is 254 g/mol. The summed E-state index contributed by atoms with van der Waals surface area (Å²) in [6, 6.07) is 1.24. The molecule has 0 spiro atoms. The predicted molar refractivity (Wildman–Crippen MR) is 70.0 cm³/mol. The molecule has 0 radical (unpaired) electrons. The average Bonchev–Trinajstić information content (AvgIpc) is 2.70. The van der Waals surface area contributed by atoms with Crippen molar-refractivity contribution >= 4 is 29.0 Å². The number of amides is 2. The van der Waals surface area contributed by atoms with Gasteiger partial charge in [0.15, 0.2) is 0 Å². The Kier molecular flexibility index (Phi) is 3.47. The van der Waals surface area contributed by atoms with E-state index in [1.54, 1.807) is 18.5 Å². The van der Waals surface area contributed by atoms with Crippen LogP contribution in [0.4, 0.5) is 16.2 Å². The molecule has 0 aliphatic rings. The van der Waals surface area contributed by atoms with E-state index >= 15 is 0 Å². The molecule has 0 fully saturated rings. The molecule has 2 aromatic heterocycles. The fourth-order valence-electron chi connectivity index (χ4n) is 1.39. The van der Waals surface area contributed by atoms with Gasteiger partial charge in [-0.1, -0.05) is 11.6 Å². The number of rotatable bonds is 2. The number of nitrogens with one attached hydrogen (secondary N) is 3. The van der Waals surface area contributed by atoms with Crippen molar-refractivity contribution in [2.75, 3.05) is 10.6 Å². The normalized spacial score (nSPS) is 10.2. The van der Waals surface area contributed by atoms with Gasteiger partial charge in [0.25, 0.3) is 0 Å². The maximum atomic E-state index is 11.8. The molecule has 18 heavy (non-hydrogen) atoms. The van der Waals surface area contributed by atoms with E-state index in [4.69, 9.17) is 11.6 Å². The van der Waals surface area contributed by atoms with E-state index in [-0.39, 0.29) is 6.03 Å². The third-order valence-corrected chi connectivity index (χ3v) is 2.60. The van der Waals surface area contributed by atoms with Crippen molar-refractivity contribution in [3.05, 3.63) is 34.9 Å².